The Labute approximate surface area is 111 Å². The molecule has 1 aromatic heterocycles. The molecule has 0 radical (unpaired) electrons. The van der Waals surface area contributed by atoms with E-state index in [9.17, 15) is 9.59 Å². The number of nitrogens with one attached hydrogen (secondary N) is 1. The number of hydrogen-bond acceptors (Lipinski definition) is 5. The number of amides is 1. The van der Waals surface area contributed by atoms with Crippen LogP contribution in [0.25, 0.3) is 0 Å². The van der Waals surface area contributed by atoms with E-state index in [1.165, 1.54) is 4.68 Å². The van der Waals surface area contributed by atoms with Crippen molar-refractivity contribution in [2.75, 3.05) is 6.54 Å². The molecule has 8 heteroatoms. The fraction of sp³-hybridized carbons (Fsp3) is 0.636. The van der Waals surface area contributed by atoms with Crippen molar-refractivity contribution in [2.45, 2.75) is 26.9 Å². The molecule has 4 N–H and O–H groups in total. The molecule has 1 unspecified atom stereocenters. The van der Waals surface area contributed by atoms with Crippen molar-refractivity contribution in [3.05, 3.63) is 11.9 Å². The molecule has 1 atom stereocenters. The first-order chi connectivity index (χ1) is 8.93. The van der Waals surface area contributed by atoms with Crippen LogP contribution < -0.4 is 11.1 Å². The Morgan fingerprint density at radius 1 is 1.53 bits per heavy atom. The van der Waals surface area contributed by atoms with Crippen molar-refractivity contribution < 1.29 is 14.7 Å². The first-order valence-corrected chi connectivity index (χ1v) is 6.02. The fourth-order valence-electron chi connectivity index (χ4n) is 1.54. The van der Waals surface area contributed by atoms with Crippen molar-refractivity contribution in [2.24, 2.45) is 17.6 Å². The van der Waals surface area contributed by atoms with Gasteiger partial charge in [-0.3, -0.25) is 9.59 Å². The molecule has 0 aromatic carbocycles. The zero-order chi connectivity index (χ0) is 14.4. The third kappa shape index (κ3) is 4.66. The van der Waals surface area contributed by atoms with Gasteiger partial charge < -0.3 is 16.2 Å². The number of carbonyl (C=O) groups is 2. The van der Waals surface area contributed by atoms with Gasteiger partial charge in [-0.05, 0) is 5.92 Å². The van der Waals surface area contributed by atoms with Crippen LogP contribution in [-0.4, -0.2) is 38.5 Å². The minimum absolute atomic E-state index is 0.00255. The van der Waals surface area contributed by atoms with Crippen LogP contribution in [0, 0.1) is 11.8 Å². The van der Waals surface area contributed by atoms with E-state index in [0.29, 0.717) is 5.69 Å². The summed E-state index contributed by atoms with van der Waals surface area (Å²) in [7, 11) is 0. The Morgan fingerprint density at radius 2 is 2.21 bits per heavy atom. The maximum Gasteiger partial charge on any atom is 0.308 e. The second-order valence-corrected chi connectivity index (χ2v) is 4.60. The van der Waals surface area contributed by atoms with Gasteiger partial charge in [0.2, 0.25) is 5.91 Å². The monoisotopic (exact) mass is 269 g/mol. The van der Waals surface area contributed by atoms with Crippen LogP contribution in [0.5, 0.6) is 0 Å². The molecule has 8 nitrogen and oxygen atoms in total. The fourth-order valence-corrected chi connectivity index (χ4v) is 1.54. The lowest BCUT2D eigenvalue weighted by molar-refractivity contribution is -0.143. The van der Waals surface area contributed by atoms with Crippen molar-refractivity contribution in [3.8, 4) is 0 Å². The van der Waals surface area contributed by atoms with E-state index < -0.39 is 11.9 Å². The van der Waals surface area contributed by atoms with Crippen LogP contribution in [0.1, 0.15) is 19.5 Å². The van der Waals surface area contributed by atoms with Crippen LogP contribution in [0.4, 0.5) is 0 Å². The highest BCUT2D eigenvalue weighted by molar-refractivity contribution is 5.77. The summed E-state index contributed by atoms with van der Waals surface area (Å²) in [6.45, 7) is 3.96. The van der Waals surface area contributed by atoms with Crippen LogP contribution >= 0.6 is 0 Å². The van der Waals surface area contributed by atoms with Crippen molar-refractivity contribution in [1.82, 2.24) is 20.3 Å². The van der Waals surface area contributed by atoms with E-state index in [-0.39, 0.29) is 31.5 Å². The van der Waals surface area contributed by atoms with Crippen molar-refractivity contribution in [1.29, 1.82) is 0 Å². The van der Waals surface area contributed by atoms with Gasteiger partial charge >= 0.3 is 5.97 Å². The molecule has 1 amide bonds. The first-order valence-electron chi connectivity index (χ1n) is 6.02. The number of rotatable bonds is 7. The lowest BCUT2D eigenvalue weighted by atomic mass is 9.96. The molecule has 0 bridgehead atoms. The van der Waals surface area contributed by atoms with Gasteiger partial charge in [-0.2, -0.15) is 0 Å². The number of nitrogens with zero attached hydrogens (tertiary/aromatic N) is 3. The Hall–Kier alpha value is -1.96. The summed E-state index contributed by atoms with van der Waals surface area (Å²) in [5, 5.41) is 19.1. The van der Waals surface area contributed by atoms with Crippen molar-refractivity contribution >= 4 is 11.9 Å². The first kappa shape index (κ1) is 15.1. The summed E-state index contributed by atoms with van der Waals surface area (Å²) in [4.78, 5) is 22.6. The Bertz CT molecular complexity index is 443. The number of carbonyl (C=O) groups excluding carboxylic acids is 1. The molecule has 19 heavy (non-hydrogen) atoms. The highest BCUT2D eigenvalue weighted by Crippen LogP contribution is 2.09. The maximum absolute atomic E-state index is 11.6. The van der Waals surface area contributed by atoms with Gasteiger partial charge in [0, 0.05) is 13.1 Å². The average molecular weight is 269 g/mol. The third-order valence-electron chi connectivity index (χ3n) is 2.74. The highest BCUT2D eigenvalue weighted by atomic mass is 16.4. The van der Waals surface area contributed by atoms with Crippen LogP contribution in [-0.2, 0) is 22.7 Å². The van der Waals surface area contributed by atoms with E-state index >= 15 is 0 Å². The summed E-state index contributed by atoms with van der Waals surface area (Å²) in [5.41, 5.74) is 5.97. The SMILES string of the molecule is CC(C)C(CNC(=O)Cn1cc(CN)nn1)C(=O)O. The molecule has 0 aliphatic rings. The predicted octanol–water partition coefficient (Wildman–Crippen LogP) is -0.790. The summed E-state index contributed by atoms with van der Waals surface area (Å²) in [5.74, 6) is -1.87. The molecule has 0 aliphatic carbocycles. The number of aromatic nitrogens is 3. The summed E-state index contributed by atoms with van der Waals surface area (Å²) >= 11 is 0. The summed E-state index contributed by atoms with van der Waals surface area (Å²) < 4.78 is 1.36. The van der Waals surface area contributed by atoms with Crippen molar-refractivity contribution in [3.63, 3.8) is 0 Å². The number of nitrogens with two attached hydrogens (primary N) is 1. The molecule has 0 saturated heterocycles. The molecule has 1 rings (SSSR count). The molecular weight excluding hydrogens is 250 g/mol. The lowest BCUT2D eigenvalue weighted by Gasteiger charge is -2.16. The van der Waals surface area contributed by atoms with Crippen LogP contribution in [0.3, 0.4) is 0 Å². The second-order valence-electron chi connectivity index (χ2n) is 4.60. The molecule has 0 saturated carbocycles. The number of carboxylic acid groups (broad SMARTS) is 1. The van der Waals surface area contributed by atoms with E-state index in [1.807, 2.05) is 0 Å². The quantitative estimate of drug-likeness (QED) is 0.596. The Kier molecular flexibility index (Phi) is 5.43. The Balaban J connectivity index is 2.44. The number of aliphatic carboxylic acids is 1. The zero-order valence-corrected chi connectivity index (χ0v) is 11.0. The minimum Gasteiger partial charge on any atom is -0.481 e. The standard InChI is InChI=1S/C11H19N5O3/c1-7(2)9(11(18)19)4-13-10(17)6-16-5-8(3-12)14-15-16/h5,7,9H,3-4,6,12H2,1-2H3,(H,13,17)(H,18,19). The third-order valence-corrected chi connectivity index (χ3v) is 2.74. The smallest absolute Gasteiger partial charge is 0.308 e. The molecule has 0 aliphatic heterocycles. The molecule has 106 valence electrons. The van der Waals surface area contributed by atoms with Gasteiger partial charge in [0.1, 0.15) is 6.54 Å². The highest BCUT2D eigenvalue weighted by Gasteiger charge is 2.21. The van der Waals surface area contributed by atoms with Gasteiger partial charge in [0.25, 0.3) is 0 Å². The largest absolute Gasteiger partial charge is 0.481 e. The normalized spacial score (nSPS) is 12.4. The summed E-state index contributed by atoms with van der Waals surface area (Å²) in [6, 6.07) is 0. The topological polar surface area (TPSA) is 123 Å². The van der Waals surface area contributed by atoms with Crippen LogP contribution in [0.2, 0.25) is 0 Å². The van der Waals surface area contributed by atoms with Gasteiger partial charge in [0.05, 0.1) is 17.8 Å². The number of hydrogen-bond donors (Lipinski definition) is 3. The van der Waals surface area contributed by atoms with E-state index in [0.717, 1.165) is 0 Å². The Morgan fingerprint density at radius 3 is 2.68 bits per heavy atom. The lowest BCUT2D eigenvalue weighted by Crippen LogP contribution is -2.37. The van der Waals surface area contributed by atoms with E-state index in [2.05, 4.69) is 15.6 Å². The minimum atomic E-state index is -0.915. The molecule has 0 fully saturated rings. The molecule has 1 aromatic rings. The van der Waals surface area contributed by atoms with E-state index in [1.54, 1.807) is 20.0 Å². The second kappa shape index (κ2) is 6.83. The molecule has 1 heterocycles. The van der Waals surface area contributed by atoms with Gasteiger partial charge in [0.15, 0.2) is 0 Å². The van der Waals surface area contributed by atoms with Gasteiger partial charge in [-0.1, -0.05) is 19.1 Å². The van der Waals surface area contributed by atoms with Gasteiger partial charge in [-0.25, -0.2) is 4.68 Å². The number of carboxylic acids is 1. The summed E-state index contributed by atoms with van der Waals surface area (Å²) in [6.07, 6.45) is 1.58. The van der Waals surface area contributed by atoms with Gasteiger partial charge in [-0.15, -0.1) is 5.10 Å². The van der Waals surface area contributed by atoms with Crippen LogP contribution in [0.15, 0.2) is 6.20 Å². The molecule has 0 spiro atoms. The van der Waals surface area contributed by atoms with E-state index in [4.69, 9.17) is 10.8 Å². The predicted molar refractivity (Wildman–Crippen MR) is 66.9 cm³/mol. The maximum atomic E-state index is 11.6. The molecular formula is C11H19N5O3. The zero-order valence-electron chi connectivity index (χ0n) is 11.0. The average Bonchev–Trinajstić information content (AvgIpc) is 2.75.